The number of amides is 3. The number of carbonyl (C=O) groups is 3. The summed E-state index contributed by atoms with van der Waals surface area (Å²) in [5.41, 5.74) is 0.980. The van der Waals surface area contributed by atoms with Crippen LogP contribution in [0.3, 0.4) is 0 Å². The van der Waals surface area contributed by atoms with E-state index in [2.05, 4.69) is 16.0 Å². The van der Waals surface area contributed by atoms with Gasteiger partial charge in [-0.25, -0.2) is 0 Å². The molecule has 0 aromatic heterocycles. The predicted molar refractivity (Wildman–Crippen MR) is 101 cm³/mol. The maximum Gasteiger partial charge on any atom is 0.229 e. The van der Waals surface area contributed by atoms with Crippen molar-refractivity contribution < 1.29 is 14.4 Å². The third kappa shape index (κ3) is 6.21. The zero-order chi connectivity index (χ0) is 19.4. The standard InChI is InChI=1S/C19H29N3O3/c1-11(2)16(23)21-14-9-8-13(20-18(25)19(5,6)7)10-15(14)22-17(24)12(3)4/h8-12H,1-7H3,(H,20,25)(H,21,23)(H,22,24). The van der Waals surface area contributed by atoms with Gasteiger partial charge in [0.1, 0.15) is 0 Å². The smallest absolute Gasteiger partial charge is 0.229 e. The van der Waals surface area contributed by atoms with Crippen LogP contribution in [0.4, 0.5) is 17.1 Å². The van der Waals surface area contributed by atoms with E-state index in [9.17, 15) is 14.4 Å². The maximum atomic E-state index is 12.2. The molecule has 0 aliphatic carbocycles. The fourth-order valence-corrected chi connectivity index (χ4v) is 1.71. The summed E-state index contributed by atoms with van der Waals surface area (Å²) in [6.45, 7) is 12.6. The molecule has 3 N–H and O–H groups in total. The lowest BCUT2D eigenvalue weighted by molar-refractivity contribution is -0.123. The van der Waals surface area contributed by atoms with Gasteiger partial charge in [-0.1, -0.05) is 48.5 Å². The lowest BCUT2D eigenvalue weighted by Gasteiger charge is -2.20. The molecule has 0 aliphatic rings. The molecule has 0 spiro atoms. The first kappa shape index (κ1) is 20.7. The average Bonchev–Trinajstić information content (AvgIpc) is 2.48. The second-order valence-electron chi connectivity index (χ2n) is 7.75. The Labute approximate surface area is 149 Å². The third-order valence-corrected chi connectivity index (χ3v) is 3.52. The molecule has 1 aromatic rings. The van der Waals surface area contributed by atoms with Crippen molar-refractivity contribution in [3.63, 3.8) is 0 Å². The molecule has 0 aliphatic heterocycles. The second-order valence-corrected chi connectivity index (χ2v) is 7.75. The van der Waals surface area contributed by atoms with E-state index in [0.717, 1.165) is 0 Å². The van der Waals surface area contributed by atoms with E-state index >= 15 is 0 Å². The van der Waals surface area contributed by atoms with Gasteiger partial charge in [-0.2, -0.15) is 0 Å². The summed E-state index contributed by atoms with van der Waals surface area (Å²) >= 11 is 0. The molecular weight excluding hydrogens is 318 g/mol. The van der Waals surface area contributed by atoms with Crippen LogP contribution in [-0.2, 0) is 14.4 Å². The summed E-state index contributed by atoms with van der Waals surface area (Å²) in [6.07, 6.45) is 0. The van der Waals surface area contributed by atoms with Crippen LogP contribution in [0.15, 0.2) is 18.2 Å². The molecule has 6 heteroatoms. The summed E-state index contributed by atoms with van der Waals surface area (Å²) in [4.78, 5) is 36.2. The highest BCUT2D eigenvalue weighted by Crippen LogP contribution is 2.28. The summed E-state index contributed by atoms with van der Waals surface area (Å²) in [7, 11) is 0. The number of hydrogen-bond donors (Lipinski definition) is 3. The fraction of sp³-hybridized carbons (Fsp3) is 0.526. The molecule has 138 valence electrons. The Hall–Kier alpha value is -2.37. The van der Waals surface area contributed by atoms with Gasteiger partial charge in [0.25, 0.3) is 0 Å². The maximum absolute atomic E-state index is 12.2. The van der Waals surface area contributed by atoms with Crippen molar-refractivity contribution in [3.8, 4) is 0 Å². The fourth-order valence-electron chi connectivity index (χ4n) is 1.71. The first-order valence-electron chi connectivity index (χ1n) is 8.49. The lowest BCUT2D eigenvalue weighted by Crippen LogP contribution is -2.28. The number of nitrogens with one attached hydrogen (secondary N) is 3. The van der Waals surface area contributed by atoms with Crippen molar-refractivity contribution in [2.24, 2.45) is 17.3 Å². The van der Waals surface area contributed by atoms with Crippen molar-refractivity contribution in [1.82, 2.24) is 0 Å². The van der Waals surface area contributed by atoms with Crippen LogP contribution in [0, 0.1) is 17.3 Å². The Kier molecular flexibility index (Phi) is 6.73. The normalized spacial score (nSPS) is 11.4. The molecule has 0 saturated heterocycles. The third-order valence-electron chi connectivity index (χ3n) is 3.52. The Morgan fingerprint density at radius 1 is 0.800 bits per heavy atom. The van der Waals surface area contributed by atoms with E-state index in [1.165, 1.54) is 0 Å². The zero-order valence-electron chi connectivity index (χ0n) is 16.1. The highest BCUT2D eigenvalue weighted by atomic mass is 16.2. The Morgan fingerprint density at radius 3 is 1.72 bits per heavy atom. The minimum atomic E-state index is -0.536. The van der Waals surface area contributed by atoms with E-state index in [1.54, 1.807) is 45.9 Å². The van der Waals surface area contributed by atoms with Gasteiger partial charge in [-0.05, 0) is 18.2 Å². The zero-order valence-corrected chi connectivity index (χ0v) is 16.1. The summed E-state index contributed by atoms with van der Waals surface area (Å²) in [6, 6.07) is 5.03. The minimum absolute atomic E-state index is 0.132. The molecule has 0 fully saturated rings. The molecule has 0 unspecified atom stereocenters. The molecule has 0 atom stereocenters. The molecular formula is C19H29N3O3. The Morgan fingerprint density at radius 2 is 1.28 bits per heavy atom. The molecule has 25 heavy (non-hydrogen) atoms. The number of benzene rings is 1. The minimum Gasteiger partial charge on any atom is -0.326 e. The molecule has 1 rings (SSSR count). The largest absolute Gasteiger partial charge is 0.326 e. The van der Waals surface area contributed by atoms with Crippen LogP contribution in [0.5, 0.6) is 0 Å². The van der Waals surface area contributed by atoms with E-state index in [4.69, 9.17) is 0 Å². The van der Waals surface area contributed by atoms with Gasteiger partial charge in [0.15, 0.2) is 0 Å². The summed E-state index contributed by atoms with van der Waals surface area (Å²) < 4.78 is 0. The van der Waals surface area contributed by atoms with Gasteiger partial charge in [0.2, 0.25) is 17.7 Å². The van der Waals surface area contributed by atoms with Crippen LogP contribution in [0.2, 0.25) is 0 Å². The SMILES string of the molecule is CC(C)C(=O)Nc1ccc(NC(=O)C(C)(C)C)cc1NC(=O)C(C)C. The van der Waals surface area contributed by atoms with Crippen LogP contribution in [0.1, 0.15) is 48.5 Å². The van der Waals surface area contributed by atoms with Gasteiger partial charge in [0.05, 0.1) is 11.4 Å². The van der Waals surface area contributed by atoms with Crippen LogP contribution in [-0.4, -0.2) is 17.7 Å². The van der Waals surface area contributed by atoms with Gasteiger partial charge in [-0.15, -0.1) is 0 Å². The van der Waals surface area contributed by atoms with Crippen molar-refractivity contribution in [2.75, 3.05) is 16.0 Å². The molecule has 6 nitrogen and oxygen atoms in total. The van der Waals surface area contributed by atoms with Gasteiger partial charge in [0, 0.05) is 22.9 Å². The molecule has 0 saturated carbocycles. The van der Waals surface area contributed by atoms with Gasteiger partial charge < -0.3 is 16.0 Å². The lowest BCUT2D eigenvalue weighted by atomic mass is 9.95. The topological polar surface area (TPSA) is 87.3 Å². The quantitative estimate of drug-likeness (QED) is 0.756. The van der Waals surface area contributed by atoms with Crippen molar-refractivity contribution in [2.45, 2.75) is 48.5 Å². The first-order valence-corrected chi connectivity index (χ1v) is 8.49. The second kappa shape index (κ2) is 8.14. The molecule has 1 aromatic carbocycles. The van der Waals surface area contributed by atoms with E-state index in [0.29, 0.717) is 17.1 Å². The first-order chi connectivity index (χ1) is 11.4. The van der Waals surface area contributed by atoms with Crippen molar-refractivity contribution >= 4 is 34.8 Å². The van der Waals surface area contributed by atoms with Crippen LogP contribution >= 0.6 is 0 Å². The van der Waals surface area contributed by atoms with E-state index < -0.39 is 5.41 Å². The number of anilines is 3. The van der Waals surface area contributed by atoms with Gasteiger partial charge in [-0.3, -0.25) is 14.4 Å². The highest BCUT2D eigenvalue weighted by molar-refractivity contribution is 6.02. The Balaban J connectivity index is 3.14. The van der Waals surface area contributed by atoms with Crippen LogP contribution in [0.25, 0.3) is 0 Å². The van der Waals surface area contributed by atoms with E-state index in [1.807, 2.05) is 20.8 Å². The molecule has 3 amide bonds. The van der Waals surface area contributed by atoms with Crippen molar-refractivity contribution in [3.05, 3.63) is 18.2 Å². The van der Waals surface area contributed by atoms with E-state index in [-0.39, 0.29) is 29.6 Å². The molecule has 0 heterocycles. The number of carbonyl (C=O) groups excluding carboxylic acids is 3. The van der Waals surface area contributed by atoms with Crippen LogP contribution < -0.4 is 16.0 Å². The Bertz CT molecular complexity index is 658. The highest BCUT2D eigenvalue weighted by Gasteiger charge is 2.22. The van der Waals surface area contributed by atoms with Gasteiger partial charge >= 0.3 is 0 Å². The monoisotopic (exact) mass is 347 g/mol. The number of hydrogen-bond acceptors (Lipinski definition) is 3. The van der Waals surface area contributed by atoms with Crippen molar-refractivity contribution in [1.29, 1.82) is 0 Å². The molecule has 0 bridgehead atoms. The molecule has 0 radical (unpaired) electrons. The summed E-state index contributed by atoms with van der Waals surface area (Å²) in [5, 5.41) is 8.43. The predicted octanol–water partition coefficient (Wildman–Crippen LogP) is 3.86. The average molecular weight is 347 g/mol. The number of rotatable bonds is 5. The summed E-state index contributed by atoms with van der Waals surface area (Å²) in [5.74, 6) is -0.839.